The van der Waals surface area contributed by atoms with Crippen LogP contribution >= 0.6 is 0 Å². The molecule has 1 atom stereocenters. The van der Waals surface area contributed by atoms with Gasteiger partial charge in [0.15, 0.2) is 6.10 Å². The average molecular weight is 358 g/mol. The summed E-state index contributed by atoms with van der Waals surface area (Å²) in [5, 5.41) is 0. The van der Waals surface area contributed by atoms with Gasteiger partial charge in [-0.15, -0.1) is 0 Å². The van der Waals surface area contributed by atoms with Gasteiger partial charge in [0.25, 0.3) is 5.91 Å². The van der Waals surface area contributed by atoms with Crippen LogP contribution in [-0.4, -0.2) is 29.9 Å². The fraction of sp³-hybridized carbons (Fsp3) is 0.300. The van der Waals surface area contributed by atoms with Gasteiger partial charge >= 0.3 is 5.97 Å². The van der Waals surface area contributed by atoms with E-state index in [0.717, 1.165) is 12.0 Å². The van der Waals surface area contributed by atoms with Crippen LogP contribution in [0.4, 0.5) is 10.1 Å². The summed E-state index contributed by atoms with van der Waals surface area (Å²) in [4.78, 5) is 26.0. The predicted octanol–water partition coefficient (Wildman–Crippen LogP) is 3.17. The summed E-state index contributed by atoms with van der Waals surface area (Å²) < 4.78 is 18.5. The average Bonchev–Trinajstić information content (AvgIpc) is 2.60. The number of hydrogen-bond acceptors (Lipinski definition) is 4. The maximum atomic E-state index is 13.2. The number of aryl methyl sites for hydroxylation is 1. The number of esters is 1. The van der Waals surface area contributed by atoms with Crippen LogP contribution in [0.25, 0.3) is 0 Å². The maximum Gasteiger partial charge on any atom is 0.338 e. The van der Waals surface area contributed by atoms with E-state index < -0.39 is 12.1 Å². The summed E-state index contributed by atoms with van der Waals surface area (Å²) in [6.45, 7) is 3.70. The minimum atomic E-state index is -0.965. The number of anilines is 1. The summed E-state index contributed by atoms with van der Waals surface area (Å²) in [6, 6.07) is 11.0. The monoisotopic (exact) mass is 358 g/mol. The number of nitrogen functional groups attached to an aromatic ring is 1. The molecule has 0 aliphatic carbocycles. The largest absolute Gasteiger partial charge is 0.449 e. The Morgan fingerprint density at radius 3 is 2.58 bits per heavy atom. The standard InChI is InChI=1S/C20H23FN2O3/c1-4-15-8-9-16(11-18(15)22)20(25)26-13(2)19(24)23(3)12-14-6-5-7-17(21)10-14/h5-11,13H,4,12,22H2,1-3H3/t13-/m1/s1. The zero-order valence-electron chi connectivity index (χ0n) is 15.2. The number of ether oxygens (including phenoxy) is 1. The fourth-order valence-electron chi connectivity index (χ4n) is 2.62. The molecule has 0 aliphatic heterocycles. The smallest absolute Gasteiger partial charge is 0.338 e. The quantitative estimate of drug-likeness (QED) is 0.636. The molecule has 1 amide bonds. The molecule has 2 rings (SSSR count). The van der Waals surface area contributed by atoms with Crippen LogP contribution in [0.15, 0.2) is 42.5 Å². The van der Waals surface area contributed by atoms with Gasteiger partial charge in [-0.25, -0.2) is 9.18 Å². The molecule has 0 unspecified atom stereocenters. The molecule has 2 aromatic carbocycles. The van der Waals surface area contributed by atoms with Gasteiger partial charge in [-0.3, -0.25) is 4.79 Å². The summed E-state index contributed by atoms with van der Waals surface area (Å²) in [5.41, 5.74) is 8.31. The molecule has 0 bridgehead atoms. The molecule has 138 valence electrons. The molecule has 6 heteroatoms. The molecule has 26 heavy (non-hydrogen) atoms. The van der Waals surface area contributed by atoms with Crippen LogP contribution in [-0.2, 0) is 22.5 Å². The number of rotatable bonds is 6. The molecule has 0 radical (unpaired) electrons. The Bertz CT molecular complexity index is 807. The molecule has 0 fully saturated rings. The summed E-state index contributed by atoms with van der Waals surface area (Å²) in [6.07, 6.45) is -0.200. The first-order valence-corrected chi connectivity index (χ1v) is 8.40. The van der Waals surface area contributed by atoms with Crippen molar-refractivity contribution < 1.29 is 18.7 Å². The fourth-order valence-corrected chi connectivity index (χ4v) is 2.62. The van der Waals surface area contributed by atoms with E-state index in [1.54, 1.807) is 37.4 Å². The number of likely N-dealkylation sites (N-methyl/N-ethyl adjacent to an activating group) is 1. The Balaban J connectivity index is 1.99. The Kier molecular flexibility index (Phi) is 6.33. The number of halogens is 1. The molecular formula is C20H23FN2O3. The van der Waals surface area contributed by atoms with Gasteiger partial charge in [0.05, 0.1) is 5.56 Å². The third-order valence-corrected chi connectivity index (χ3v) is 4.08. The molecule has 0 aromatic heterocycles. The van der Waals surface area contributed by atoms with Gasteiger partial charge in [0.1, 0.15) is 5.82 Å². The van der Waals surface area contributed by atoms with Crippen molar-refractivity contribution in [3.63, 3.8) is 0 Å². The van der Waals surface area contributed by atoms with Crippen LogP contribution in [0.5, 0.6) is 0 Å². The van der Waals surface area contributed by atoms with Crippen molar-refractivity contribution >= 4 is 17.6 Å². The number of carbonyl (C=O) groups is 2. The molecule has 0 saturated carbocycles. The second-order valence-corrected chi connectivity index (χ2v) is 6.14. The van der Waals surface area contributed by atoms with E-state index in [9.17, 15) is 14.0 Å². The zero-order valence-corrected chi connectivity index (χ0v) is 15.2. The molecule has 2 N–H and O–H groups in total. The van der Waals surface area contributed by atoms with E-state index in [0.29, 0.717) is 16.8 Å². The summed E-state index contributed by atoms with van der Waals surface area (Å²) in [5.74, 6) is -1.35. The molecule has 5 nitrogen and oxygen atoms in total. The second kappa shape index (κ2) is 8.47. The first-order valence-electron chi connectivity index (χ1n) is 8.40. The Hall–Kier alpha value is -2.89. The highest BCUT2D eigenvalue weighted by molar-refractivity contribution is 5.93. The minimum Gasteiger partial charge on any atom is -0.449 e. The molecular weight excluding hydrogens is 335 g/mol. The van der Waals surface area contributed by atoms with Gasteiger partial charge in [0.2, 0.25) is 0 Å². The van der Waals surface area contributed by atoms with Gasteiger partial charge < -0.3 is 15.4 Å². The lowest BCUT2D eigenvalue weighted by Crippen LogP contribution is -2.37. The molecule has 0 heterocycles. The summed E-state index contributed by atoms with van der Waals surface area (Å²) >= 11 is 0. The van der Waals surface area contributed by atoms with Gasteiger partial charge in [-0.2, -0.15) is 0 Å². The van der Waals surface area contributed by atoms with E-state index >= 15 is 0 Å². The lowest BCUT2D eigenvalue weighted by molar-refractivity contribution is -0.139. The first kappa shape index (κ1) is 19.4. The second-order valence-electron chi connectivity index (χ2n) is 6.14. The molecule has 0 aliphatic rings. The van der Waals surface area contributed by atoms with E-state index in [2.05, 4.69) is 0 Å². The van der Waals surface area contributed by atoms with Gasteiger partial charge in [-0.05, 0) is 48.7 Å². The number of benzene rings is 2. The lowest BCUT2D eigenvalue weighted by atomic mass is 10.1. The van der Waals surface area contributed by atoms with Crippen molar-refractivity contribution in [1.29, 1.82) is 0 Å². The van der Waals surface area contributed by atoms with E-state index in [-0.39, 0.29) is 18.3 Å². The van der Waals surface area contributed by atoms with Crippen molar-refractivity contribution in [2.24, 2.45) is 0 Å². The third-order valence-electron chi connectivity index (χ3n) is 4.08. The van der Waals surface area contributed by atoms with Crippen LogP contribution < -0.4 is 5.73 Å². The number of nitrogens with two attached hydrogens (primary N) is 1. The Morgan fingerprint density at radius 2 is 1.96 bits per heavy atom. The SMILES string of the molecule is CCc1ccc(C(=O)O[C@H](C)C(=O)N(C)Cc2cccc(F)c2)cc1N. The van der Waals surface area contributed by atoms with Crippen LogP contribution in [0.1, 0.15) is 35.3 Å². The topological polar surface area (TPSA) is 72.6 Å². The maximum absolute atomic E-state index is 13.2. The van der Waals surface area contributed by atoms with Crippen molar-refractivity contribution in [2.45, 2.75) is 32.9 Å². The Labute approximate surface area is 152 Å². The molecule has 2 aromatic rings. The van der Waals surface area contributed by atoms with E-state index in [1.165, 1.54) is 24.0 Å². The van der Waals surface area contributed by atoms with Crippen LogP contribution in [0.3, 0.4) is 0 Å². The highest BCUT2D eigenvalue weighted by atomic mass is 19.1. The zero-order chi connectivity index (χ0) is 19.3. The van der Waals surface area contributed by atoms with Gasteiger partial charge in [0, 0.05) is 19.3 Å². The highest BCUT2D eigenvalue weighted by Crippen LogP contribution is 2.16. The minimum absolute atomic E-state index is 0.219. The summed E-state index contributed by atoms with van der Waals surface area (Å²) in [7, 11) is 1.58. The van der Waals surface area contributed by atoms with Gasteiger partial charge in [-0.1, -0.05) is 25.1 Å². The van der Waals surface area contributed by atoms with Crippen molar-refractivity contribution in [2.75, 3.05) is 12.8 Å². The lowest BCUT2D eigenvalue weighted by Gasteiger charge is -2.21. The van der Waals surface area contributed by atoms with Crippen molar-refractivity contribution in [1.82, 2.24) is 4.90 Å². The number of nitrogens with zero attached hydrogens (tertiary/aromatic N) is 1. The van der Waals surface area contributed by atoms with Crippen molar-refractivity contribution in [3.8, 4) is 0 Å². The normalized spacial score (nSPS) is 11.7. The highest BCUT2D eigenvalue weighted by Gasteiger charge is 2.22. The number of hydrogen-bond donors (Lipinski definition) is 1. The molecule has 0 spiro atoms. The number of amides is 1. The predicted molar refractivity (Wildman–Crippen MR) is 98.0 cm³/mol. The van der Waals surface area contributed by atoms with Crippen LogP contribution in [0.2, 0.25) is 0 Å². The number of carbonyl (C=O) groups excluding carboxylic acids is 2. The third kappa shape index (κ3) is 4.81. The van der Waals surface area contributed by atoms with Crippen molar-refractivity contribution in [3.05, 3.63) is 65.0 Å². The van der Waals surface area contributed by atoms with E-state index in [1.807, 2.05) is 6.92 Å². The van der Waals surface area contributed by atoms with Crippen LogP contribution in [0, 0.1) is 5.82 Å². The van der Waals surface area contributed by atoms with E-state index in [4.69, 9.17) is 10.5 Å². The Morgan fingerprint density at radius 1 is 1.23 bits per heavy atom. The first-order chi connectivity index (χ1) is 12.3. The molecule has 0 saturated heterocycles.